The fourth-order valence-electron chi connectivity index (χ4n) is 12.7. The molecule has 5 saturated carbocycles. The Hall–Kier alpha value is -1.66. The fraction of sp³-hybridized carbons (Fsp3) is 0.838. The molecule has 0 radical (unpaired) electrons. The van der Waals surface area contributed by atoms with E-state index >= 15 is 0 Å². The van der Waals surface area contributed by atoms with Crippen molar-refractivity contribution in [1.29, 1.82) is 0 Å². The molecule has 1 aliphatic heterocycles. The van der Waals surface area contributed by atoms with Gasteiger partial charge in [0.25, 0.3) is 0 Å². The van der Waals surface area contributed by atoms with Crippen LogP contribution >= 0.6 is 0 Å². The third-order valence-electron chi connectivity index (χ3n) is 14.9. The first-order valence-electron chi connectivity index (χ1n) is 18.1. The number of hydrogen-bond donors (Lipinski definition) is 6. The maximum absolute atomic E-state index is 13.6. The van der Waals surface area contributed by atoms with Crippen LogP contribution in [-0.2, 0) is 19.1 Å². The number of nitrogens with one attached hydrogen (secondary N) is 1. The van der Waals surface area contributed by atoms with Gasteiger partial charge in [0.15, 0.2) is 0 Å². The maximum atomic E-state index is 13.6. The van der Waals surface area contributed by atoms with Gasteiger partial charge in [0, 0.05) is 49.5 Å². The van der Waals surface area contributed by atoms with Crippen LogP contribution in [0.1, 0.15) is 78.6 Å². The molecule has 7 rings (SSSR count). The van der Waals surface area contributed by atoms with Gasteiger partial charge in [-0.1, -0.05) is 26.8 Å². The monoisotopic (exact) mass is 657 g/mol. The number of aliphatic hydroxyl groups is 5. The molecule has 262 valence electrons. The number of fused-ring (bicyclic) bond motifs is 8. The second kappa shape index (κ2) is 11.4. The van der Waals surface area contributed by atoms with Crippen LogP contribution in [0.4, 0.5) is 0 Å². The number of carbonyl (C=O) groups is 2. The number of methoxy groups -OCH3 is 1. The highest BCUT2D eigenvalue weighted by molar-refractivity contribution is 5.87. The summed E-state index contributed by atoms with van der Waals surface area (Å²) >= 11 is 0. The van der Waals surface area contributed by atoms with Gasteiger partial charge < -0.3 is 45.1 Å². The molecule has 0 amide bonds. The normalized spacial score (nSPS) is 51.4. The molecular weight excluding hydrogens is 602 g/mol. The molecule has 0 bridgehead atoms. The number of aldehydes is 1. The summed E-state index contributed by atoms with van der Waals surface area (Å²) in [6.45, 7) is 8.03. The zero-order valence-electron chi connectivity index (χ0n) is 28.4. The van der Waals surface area contributed by atoms with Gasteiger partial charge >= 0.3 is 5.97 Å². The lowest BCUT2D eigenvalue weighted by Crippen LogP contribution is -2.85. The number of allylic oxidation sites excluding steroid dienone is 1. The van der Waals surface area contributed by atoms with Crippen molar-refractivity contribution < 1.29 is 44.6 Å². The van der Waals surface area contributed by atoms with Crippen LogP contribution in [0.2, 0.25) is 0 Å². The number of esters is 1. The first-order valence-corrected chi connectivity index (χ1v) is 18.1. The Bertz CT molecular complexity index is 1350. The van der Waals surface area contributed by atoms with E-state index in [1.165, 1.54) is 0 Å². The molecule has 0 aromatic rings. The molecule has 0 aromatic heterocycles. The average Bonchev–Trinajstić information content (AvgIpc) is 3.45. The Morgan fingerprint density at radius 2 is 1.85 bits per heavy atom. The van der Waals surface area contributed by atoms with E-state index in [-0.39, 0.29) is 36.5 Å². The Balaban J connectivity index is 1.33. The van der Waals surface area contributed by atoms with Gasteiger partial charge in [-0.3, -0.25) is 0 Å². The molecule has 7 aliphatic rings. The van der Waals surface area contributed by atoms with Crippen LogP contribution < -0.4 is 5.32 Å². The van der Waals surface area contributed by atoms with Gasteiger partial charge in [-0.25, -0.2) is 4.79 Å². The van der Waals surface area contributed by atoms with Gasteiger partial charge in [0.2, 0.25) is 0 Å². The van der Waals surface area contributed by atoms with E-state index in [0.717, 1.165) is 36.8 Å². The molecule has 47 heavy (non-hydrogen) atoms. The summed E-state index contributed by atoms with van der Waals surface area (Å²) in [6, 6.07) is 0. The highest BCUT2D eigenvalue weighted by Crippen LogP contribution is 2.75. The van der Waals surface area contributed by atoms with Crippen LogP contribution in [0, 0.1) is 52.3 Å². The molecule has 0 spiro atoms. The van der Waals surface area contributed by atoms with E-state index in [1.54, 1.807) is 13.2 Å². The van der Waals surface area contributed by atoms with E-state index < -0.39 is 69.7 Å². The third kappa shape index (κ3) is 4.21. The topological polar surface area (TPSA) is 166 Å². The third-order valence-corrected chi connectivity index (χ3v) is 14.9. The second-order valence-electron chi connectivity index (χ2n) is 16.8. The van der Waals surface area contributed by atoms with Crippen molar-refractivity contribution in [3.8, 4) is 0 Å². The second-order valence-corrected chi connectivity index (χ2v) is 16.8. The van der Waals surface area contributed by atoms with Crippen molar-refractivity contribution >= 4 is 12.3 Å². The zero-order chi connectivity index (χ0) is 33.7. The Morgan fingerprint density at radius 1 is 1.09 bits per heavy atom. The lowest BCUT2D eigenvalue weighted by atomic mass is 9.35. The van der Waals surface area contributed by atoms with Gasteiger partial charge in [0.1, 0.15) is 23.6 Å². The maximum Gasteiger partial charge on any atom is 0.331 e. The molecule has 6 N–H and O–H groups in total. The largest absolute Gasteiger partial charge is 0.450 e. The van der Waals surface area contributed by atoms with Gasteiger partial charge in [-0.05, 0) is 99.1 Å². The van der Waals surface area contributed by atoms with Crippen molar-refractivity contribution in [2.75, 3.05) is 26.8 Å². The molecule has 0 aromatic carbocycles. The molecule has 14 atom stereocenters. The quantitative estimate of drug-likeness (QED) is 0.0985. The minimum Gasteiger partial charge on any atom is -0.450 e. The lowest BCUT2D eigenvalue weighted by molar-refractivity contribution is -0.373. The lowest BCUT2D eigenvalue weighted by Gasteiger charge is -2.72. The first kappa shape index (κ1) is 33.8. The van der Waals surface area contributed by atoms with Gasteiger partial charge in [-0.2, -0.15) is 0 Å². The van der Waals surface area contributed by atoms with Crippen LogP contribution in [0.5, 0.6) is 0 Å². The summed E-state index contributed by atoms with van der Waals surface area (Å²) in [6.07, 6.45) is 5.44. The van der Waals surface area contributed by atoms with Crippen molar-refractivity contribution in [3.05, 3.63) is 23.3 Å². The van der Waals surface area contributed by atoms with Crippen molar-refractivity contribution in [2.45, 2.75) is 114 Å². The fourth-order valence-corrected chi connectivity index (χ4v) is 12.7. The van der Waals surface area contributed by atoms with Crippen LogP contribution in [0.15, 0.2) is 23.3 Å². The van der Waals surface area contributed by atoms with E-state index in [2.05, 4.69) is 25.2 Å². The number of ether oxygens (including phenoxy) is 2. The van der Waals surface area contributed by atoms with Crippen molar-refractivity contribution in [3.63, 3.8) is 0 Å². The van der Waals surface area contributed by atoms with Crippen LogP contribution in [-0.4, -0.2) is 99.7 Å². The molecule has 6 aliphatic carbocycles. The Morgan fingerprint density at radius 3 is 2.55 bits per heavy atom. The van der Waals surface area contributed by atoms with E-state index in [1.807, 2.05) is 6.92 Å². The minimum absolute atomic E-state index is 0.103. The predicted octanol–water partition coefficient (Wildman–Crippen LogP) is 2.05. The van der Waals surface area contributed by atoms with Crippen LogP contribution in [0.3, 0.4) is 0 Å². The molecule has 5 fully saturated rings. The summed E-state index contributed by atoms with van der Waals surface area (Å²) in [4.78, 5) is 26.4. The molecule has 1 heterocycles. The molecule has 10 heteroatoms. The minimum atomic E-state index is -2.11. The van der Waals surface area contributed by atoms with Crippen LogP contribution in [0.25, 0.3) is 0 Å². The predicted molar refractivity (Wildman–Crippen MR) is 172 cm³/mol. The number of carbonyl (C=O) groups excluding carboxylic acids is 2. The summed E-state index contributed by atoms with van der Waals surface area (Å²) in [5.41, 5.74) is -6.35. The molecular formula is C37H55NO9. The highest BCUT2D eigenvalue weighted by atomic mass is 16.5. The average molecular weight is 658 g/mol. The standard InChI is InChI=1S/C37H55NO9/c1-20(2)21-6-7-25-27(40)8-11-34(19-39)28-9-10-33(3)30-22(17-35(33,43)37(28,45)32(42)26(15-21)36(25,34)44)14-23(18-38-12-5-13-46-4)31-24(30)16-29(41)47-31/h14,16,19-22,25-28,30-32,38,40,42-45H,5-13,15,17-18H2,1-4H3/t21-,22-,25+,26-,27+,28-,30-,31+,32+,33-,34+,35-,36-,37-/m1/s1. The summed E-state index contributed by atoms with van der Waals surface area (Å²) in [5.74, 6) is -3.08. The number of aliphatic hydroxyl groups excluding tert-OH is 2. The Labute approximate surface area is 278 Å². The number of hydrogen-bond acceptors (Lipinski definition) is 10. The first-order chi connectivity index (χ1) is 22.2. The summed E-state index contributed by atoms with van der Waals surface area (Å²) in [5, 5.41) is 67.0. The summed E-state index contributed by atoms with van der Waals surface area (Å²) < 4.78 is 11.0. The van der Waals surface area contributed by atoms with Crippen molar-refractivity contribution in [1.82, 2.24) is 5.32 Å². The zero-order valence-corrected chi connectivity index (χ0v) is 28.4. The SMILES string of the molecule is COCCCNCC1=C[C@@H]2C[C@]3(O)[C@]4(O)[C@@H](O)[C@H]5C[C@H](C(C)C)CC[C@H]6[C@@H](O)CC[C@](C=O)([C@H]4CC[C@]3(C)[C@H]2C2=CC(=O)O[C@@H]12)[C@]56O. The van der Waals surface area contributed by atoms with E-state index in [0.29, 0.717) is 45.3 Å². The smallest absolute Gasteiger partial charge is 0.331 e. The number of rotatable bonds is 8. The molecule has 0 saturated heterocycles. The van der Waals surface area contributed by atoms with E-state index in [9.17, 15) is 35.1 Å². The molecule has 0 unspecified atom stereocenters. The van der Waals surface area contributed by atoms with Gasteiger partial charge in [0.05, 0.1) is 23.2 Å². The Kier molecular flexibility index (Phi) is 8.23. The van der Waals surface area contributed by atoms with Crippen molar-refractivity contribution in [2.24, 2.45) is 52.3 Å². The van der Waals surface area contributed by atoms with Gasteiger partial charge in [-0.15, -0.1) is 0 Å². The summed E-state index contributed by atoms with van der Waals surface area (Å²) in [7, 11) is 1.66. The highest BCUT2D eigenvalue weighted by Gasteiger charge is 2.84. The molecule has 10 nitrogen and oxygen atoms in total. The van der Waals surface area contributed by atoms with E-state index in [4.69, 9.17) is 9.47 Å².